The van der Waals surface area contributed by atoms with Gasteiger partial charge >= 0.3 is 0 Å². The maximum atomic E-state index is 13.0. The van der Waals surface area contributed by atoms with E-state index in [4.69, 9.17) is 17.3 Å². The van der Waals surface area contributed by atoms with E-state index in [1.54, 1.807) is 0 Å². The smallest absolute Gasteiger partial charge is 0.227 e. The van der Waals surface area contributed by atoms with Gasteiger partial charge < -0.3 is 10.6 Å². The quantitative estimate of drug-likeness (QED) is 0.798. The van der Waals surface area contributed by atoms with Crippen molar-refractivity contribution in [1.82, 2.24) is 4.90 Å². The fraction of sp³-hybridized carbons (Fsp3) is 0.350. The molecule has 0 aliphatic heterocycles. The Labute approximate surface area is 160 Å². The van der Waals surface area contributed by atoms with Gasteiger partial charge in [-0.1, -0.05) is 61.0 Å². The van der Waals surface area contributed by atoms with Gasteiger partial charge in [-0.3, -0.25) is 4.79 Å². The Morgan fingerprint density at radius 3 is 2.32 bits per heavy atom. The van der Waals surface area contributed by atoms with Crippen LogP contribution in [0.15, 0.2) is 54.6 Å². The molecule has 1 aliphatic carbocycles. The van der Waals surface area contributed by atoms with Crippen LogP contribution < -0.4 is 5.73 Å². The number of amides is 1. The van der Waals surface area contributed by atoms with Crippen LogP contribution >= 0.6 is 24.0 Å². The first-order chi connectivity index (χ1) is 11.6. The second-order valence-electron chi connectivity index (χ2n) is 6.55. The fourth-order valence-corrected chi connectivity index (χ4v) is 3.06. The summed E-state index contributed by atoms with van der Waals surface area (Å²) in [5, 5.41) is 0.711. The fourth-order valence-electron chi connectivity index (χ4n) is 2.94. The Hall–Kier alpha value is -1.55. The van der Waals surface area contributed by atoms with Crippen LogP contribution in [0.3, 0.4) is 0 Å². The van der Waals surface area contributed by atoms with Crippen LogP contribution in [0.4, 0.5) is 0 Å². The van der Waals surface area contributed by atoms with Gasteiger partial charge in [-0.2, -0.15) is 0 Å². The molecule has 0 aromatic heterocycles. The molecule has 5 heteroatoms. The average Bonchev–Trinajstić information content (AvgIpc) is 3.45. The lowest BCUT2D eigenvalue weighted by atomic mass is 9.94. The predicted molar refractivity (Wildman–Crippen MR) is 105 cm³/mol. The molecule has 2 unspecified atom stereocenters. The van der Waals surface area contributed by atoms with Crippen LogP contribution in [0, 0.1) is 5.92 Å². The van der Waals surface area contributed by atoms with Crippen molar-refractivity contribution in [2.24, 2.45) is 11.7 Å². The van der Waals surface area contributed by atoms with Crippen molar-refractivity contribution >= 4 is 29.9 Å². The van der Waals surface area contributed by atoms with E-state index in [9.17, 15) is 4.79 Å². The number of hydrogen-bond donors (Lipinski definition) is 1. The SMILES string of the molecule is CC(C(=O)N(Cc1ccc(Cl)cc1)C1CC1)C(N)c1ccccc1.Cl. The third-order valence-corrected chi connectivity index (χ3v) is 4.90. The highest BCUT2D eigenvalue weighted by Gasteiger charge is 2.36. The molecule has 2 aromatic rings. The molecule has 1 fully saturated rings. The number of benzene rings is 2. The molecule has 0 heterocycles. The zero-order chi connectivity index (χ0) is 17.1. The number of hydrogen-bond acceptors (Lipinski definition) is 2. The molecule has 2 atom stereocenters. The molecule has 134 valence electrons. The van der Waals surface area contributed by atoms with E-state index >= 15 is 0 Å². The Morgan fingerprint density at radius 1 is 1.16 bits per heavy atom. The van der Waals surface area contributed by atoms with E-state index in [0.717, 1.165) is 24.0 Å². The largest absolute Gasteiger partial charge is 0.335 e. The summed E-state index contributed by atoms with van der Waals surface area (Å²) >= 11 is 5.95. The molecule has 2 N–H and O–H groups in total. The van der Waals surface area contributed by atoms with Crippen molar-refractivity contribution < 1.29 is 4.79 Å². The topological polar surface area (TPSA) is 46.3 Å². The first-order valence-electron chi connectivity index (χ1n) is 8.41. The molecule has 0 spiro atoms. The van der Waals surface area contributed by atoms with Gasteiger partial charge in [0.25, 0.3) is 0 Å². The lowest BCUT2D eigenvalue weighted by Gasteiger charge is -2.29. The lowest BCUT2D eigenvalue weighted by molar-refractivity contribution is -0.137. The summed E-state index contributed by atoms with van der Waals surface area (Å²) in [5.41, 5.74) is 8.44. The van der Waals surface area contributed by atoms with Crippen LogP contribution in [0.2, 0.25) is 5.02 Å². The normalized spacial score (nSPS) is 15.8. The van der Waals surface area contributed by atoms with Gasteiger partial charge in [0, 0.05) is 23.7 Å². The van der Waals surface area contributed by atoms with Gasteiger partial charge in [-0.25, -0.2) is 0 Å². The zero-order valence-corrected chi connectivity index (χ0v) is 15.8. The second kappa shape index (κ2) is 8.70. The molecular weight excluding hydrogens is 355 g/mol. The molecule has 1 saturated carbocycles. The Morgan fingerprint density at radius 2 is 1.76 bits per heavy atom. The molecule has 3 rings (SSSR count). The Kier molecular flexibility index (Phi) is 6.88. The minimum Gasteiger partial charge on any atom is -0.335 e. The number of carbonyl (C=O) groups excluding carboxylic acids is 1. The molecule has 0 radical (unpaired) electrons. The van der Waals surface area contributed by atoms with Crippen molar-refractivity contribution in [3.63, 3.8) is 0 Å². The van der Waals surface area contributed by atoms with Gasteiger partial charge in [0.15, 0.2) is 0 Å². The predicted octanol–water partition coefficient (Wildman–Crippen LogP) is 4.59. The molecule has 0 saturated heterocycles. The minimum atomic E-state index is -0.287. The van der Waals surface area contributed by atoms with E-state index in [2.05, 4.69) is 0 Å². The summed E-state index contributed by atoms with van der Waals surface area (Å²) in [6.07, 6.45) is 2.15. The third kappa shape index (κ3) is 4.97. The van der Waals surface area contributed by atoms with E-state index in [1.165, 1.54) is 0 Å². The van der Waals surface area contributed by atoms with Crippen LogP contribution in [0.1, 0.15) is 36.9 Å². The monoisotopic (exact) mass is 378 g/mol. The van der Waals surface area contributed by atoms with E-state index in [-0.39, 0.29) is 30.3 Å². The standard InChI is InChI=1S/C20H23ClN2O.ClH/c1-14(19(22)16-5-3-2-4-6-16)20(24)23(18-11-12-18)13-15-7-9-17(21)10-8-15;/h2-10,14,18-19H,11-13,22H2,1H3;1H. The molecule has 2 aromatic carbocycles. The van der Waals surface area contributed by atoms with Gasteiger partial charge in [-0.05, 0) is 36.1 Å². The number of carbonyl (C=O) groups is 1. The summed E-state index contributed by atoms with van der Waals surface area (Å²) in [4.78, 5) is 15.0. The van der Waals surface area contributed by atoms with Crippen LogP contribution in [0.25, 0.3) is 0 Å². The lowest BCUT2D eigenvalue weighted by Crippen LogP contribution is -2.40. The number of nitrogens with zero attached hydrogens (tertiary/aromatic N) is 1. The highest BCUT2D eigenvalue weighted by atomic mass is 35.5. The van der Waals surface area contributed by atoms with Crippen molar-refractivity contribution in [3.8, 4) is 0 Å². The van der Waals surface area contributed by atoms with Crippen molar-refractivity contribution in [2.75, 3.05) is 0 Å². The van der Waals surface area contributed by atoms with Gasteiger partial charge in [0.05, 0.1) is 5.92 Å². The maximum Gasteiger partial charge on any atom is 0.227 e. The highest BCUT2D eigenvalue weighted by Crippen LogP contribution is 2.32. The first-order valence-corrected chi connectivity index (χ1v) is 8.79. The van der Waals surface area contributed by atoms with E-state index in [0.29, 0.717) is 17.6 Å². The molecule has 1 aliphatic rings. The Bertz CT molecular complexity index is 687. The van der Waals surface area contributed by atoms with Crippen LogP contribution in [0.5, 0.6) is 0 Å². The second-order valence-corrected chi connectivity index (χ2v) is 6.99. The third-order valence-electron chi connectivity index (χ3n) is 4.65. The van der Waals surface area contributed by atoms with Gasteiger partial charge in [0.1, 0.15) is 0 Å². The number of nitrogens with two attached hydrogens (primary N) is 1. The van der Waals surface area contributed by atoms with Crippen molar-refractivity contribution in [1.29, 1.82) is 0 Å². The molecule has 25 heavy (non-hydrogen) atoms. The van der Waals surface area contributed by atoms with Crippen LogP contribution in [-0.2, 0) is 11.3 Å². The molecule has 0 bridgehead atoms. The highest BCUT2D eigenvalue weighted by molar-refractivity contribution is 6.30. The average molecular weight is 379 g/mol. The van der Waals surface area contributed by atoms with Gasteiger partial charge in [0.2, 0.25) is 5.91 Å². The van der Waals surface area contributed by atoms with Gasteiger partial charge in [-0.15, -0.1) is 12.4 Å². The summed E-state index contributed by atoms with van der Waals surface area (Å²) in [6.45, 7) is 2.55. The maximum absolute atomic E-state index is 13.0. The van der Waals surface area contributed by atoms with Crippen molar-refractivity contribution in [3.05, 3.63) is 70.7 Å². The summed E-state index contributed by atoms with van der Waals surface area (Å²) < 4.78 is 0. The van der Waals surface area contributed by atoms with E-state index in [1.807, 2.05) is 66.4 Å². The summed E-state index contributed by atoms with van der Waals surface area (Å²) in [7, 11) is 0. The first kappa shape index (κ1) is 19.8. The molecule has 3 nitrogen and oxygen atoms in total. The molecule has 1 amide bonds. The van der Waals surface area contributed by atoms with Crippen molar-refractivity contribution in [2.45, 2.75) is 38.4 Å². The Balaban J connectivity index is 0.00000225. The van der Waals surface area contributed by atoms with Crippen LogP contribution in [-0.4, -0.2) is 16.8 Å². The number of rotatable bonds is 6. The van der Waals surface area contributed by atoms with E-state index < -0.39 is 0 Å². The summed E-state index contributed by atoms with van der Waals surface area (Å²) in [6, 6.07) is 17.6. The minimum absolute atomic E-state index is 0. The molecular formula is C20H24Cl2N2O. The summed E-state index contributed by atoms with van der Waals surface area (Å²) in [5.74, 6) is -0.121. The number of halogens is 2. The zero-order valence-electron chi connectivity index (χ0n) is 14.3.